The molecule has 19 heavy (non-hydrogen) atoms. The van der Waals surface area contributed by atoms with E-state index >= 15 is 0 Å². The summed E-state index contributed by atoms with van der Waals surface area (Å²) in [6.45, 7) is 2.53. The Kier molecular flexibility index (Phi) is 4.15. The van der Waals surface area contributed by atoms with Gasteiger partial charge in [-0.1, -0.05) is 0 Å². The normalized spacial score (nSPS) is 25.2. The molecule has 1 fully saturated rings. The molecule has 3 atom stereocenters. The standard InChI is InChI=1S/C14H17N3O2/c1-2-19-12-7-11(16)13(12)17-14(18)10-5-3-9(8-15)4-6-10/h3-6,11-13H,2,7,16H2,1H3,(H,17,18). The Morgan fingerprint density at radius 1 is 1.53 bits per heavy atom. The van der Waals surface area contributed by atoms with Crippen LogP contribution in [0.25, 0.3) is 0 Å². The average Bonchev–Trinajstić information content (AvgIpc) is 2.44. The van der Waals surface area contributed by atoms with E-state index in [1.807, 2.05) is 13.0 Å². The van der Waals surface area contributed by atoms with Crippen molar-refractivity contribution in [1.82, 2.24) is 5.32 Å². The molecule has 5 nitrogen and oxygen atoms in total. The third kappa shape index (κ3) is 2.92. The molecule has 0 aliphatic heterocycles. The Hall–Kier alpha value is -1.90. The second-order valence-corrected chi connectivity index (χ2v) is 4.58. The summed E-state index contributed by atoms with van der Waals surface area (Å²) in [7, 11) is 0. The monoisotopic (exact) mass is 259 g/mol. The fourth-order valence-corrected chi connectivity index (χ4v) is 2.16. The van der Waals surface area contributed by atoms with E-state index in [0.29, 0.717) is 17.7 Å². The first-order valence-corrected chi connectivity index (χ1v) is 6.34. The summed E-state index contributed by atoms with van der Waals surface area (Å²) < 4.78 is 5.50. The molecule has 0 bridgehead atoms. The summed E-state index contributed by atoms with van der Waals surface area (Å²) >= 11 is 0. The molecule has 0 spiro atoms. The molecule has 1 aliphatic carbocycles. The Labute approximate surface area is 112 Å². The zero-order valence-electron chi connectivity index (χ0n) is 10.8. The lowest BCUT2D eigenvalue weighted by atomic mass is 9.83. The van der Waals surface area contributed by atoms with Crippen LogP contribution < -0.4 is 11.1 Å². The maximum Gasteiger partial charge on any atom is 0.251 e. The van der Waals surface area contributed by atoms with Crippen LogP contribution in [0, 0.1) is 11.3 Å². The van der Waals surface area contributed by atoms with E-state index < -0.39 is 0 Å². The molecule has 1 amide bonds. The first-order valence-electron chi connectivity index (χ1n) is 6.34. The van der Waals surface area contributed by atoms with Gasteiger partial charge in [-0.15, -0.1) is 0 Å². The fourth-order valence-electron chi connectivity index (χ4n) is 2.16. The SMILES string of the molecule is CCOC1CC(N)C1NC(=O)c1ccc(C#N)cc1. The molecule has 3 N–H and O–H groups in total. The van der Waals surface area contributed by atoms with Crippen LogP contribution in [0.15, 0.2) is 24.3 Å². The molecule has 0 saturated heterocycles. The maximum absolute atomic E-state index is 12.0. The minimum Gasteiger partial charge on any atom is -0.376 e. The Bertz CT molecular complexity index is 490. The highest BCUT2D eigenvalue weighted by Gasteiger charge is 2.40. The van der Waals surface area contributed by atoms with Crippen molar-refractivity contribution in [2.75, 3.05) is 6.61 Å². The van der Waals surface area contributed by atoms with E-state index in [-0.39, 0.29) is 24.1 Å². The Morgan fingerprint density at radius 3 is 2.74 bits per heavy atom. The van der Waals surface area contributed by atoms with E-state index in [9.17, 15) is 4.79 Å². The first kappa shape index (κ1) is 13.5. The van der Waals surface area contributed by atoms with Crippen LogP contribution in [0.4, 0.5) is 0 Å². The van der Waals surface area contributed by atoms with Gasteiger partial charge in [-0.05, 0) is 37.6 Å². The van der Waals surface area contributed by atoms with Gasteiger partial charge < -0.3 is 15.8 Å². The van der Waals surface area contributed by atoms with Crippen molar-refractivity contribution in [1.29, 1.82) is 5.26 Å². The van der Waals surface area contributed by atoms with Crippen molar-refractivity contribution in [3.05, 3.63) is 35.4 Å². The lowest BCUT2D eigenvalue weighted by Gasteiger charge is -2.42. The molecule has 2 rings (SSSR count). The number of carbonyl (C=O) groups is 1. The molecule has 5 heteroatoms. The number of hydrogen-bond donors (Lipinski definition) is 2. The molecule has 1 aliphatic rings. The third-order valence-corrected chi connectivity index (χ3v) is 3.32. The van der Waals surface area contributed by atoms with E-state index in [0.717, 1.165) is 6.42 Å². The van der Waals surface area contributed by atoms with E-state index in [1.54, 1.807) is 24.3 Å². The van der Waals surface area contributed by atoms with Gasteiger partial charge in [-0.2, -0.15) is 5.26 Å². The zero-order chi connectivity index (χ0) is 13.8. The molecule has 0 aromatic heterocycles. The fraction of sp³-hybridized carbons (Fsp3) is 0.429. The van der Waals surface area contributed by atoms with E-state index in [4.69, 9.17) is 15.7 Å². The molecule has 1 aromatic rings. The predicted molar refractivity (Wildman–Crippen MR) is 70.4 cm³/mol. The predicted octanol–water partition coefficient (Wildman–Crippen LogP) is 0.793. The largest absolute Gasteiger partial charge is 0.376 e. The van der Waals surface area contributed by atoms with Gasteiger partial charge in [0.1, 0.15) is 0 Å². The number of hydrogen-bond acceptors (Lipinski definition) is 4. The number of amides is 1. The lowest BCUT2D eigenvalue weighted by Crippen LogP contribution is -2.64. The first-order chi connectivity index (χ1) is 9.15. The van der Waals surface area contributed by atoms with Crippen LogP contribution in [-0.4, -0.2) is 30.7 Å². The quantitative estimate of drug-likeness (QED) is 0.836. The summed E-state index contributed by atoms with van der Waals surface area (Å²) in [5.41, 5.74) is 6.93. The number of carbonyl (C=O) groups excluding carboxylic acids is 1. The van der Waals surface area contributed by atoms with Crippen molar-refractivity contribution in [2.45, 2.75) is 31.5 Å². The van der Waals surface area contributed by atoms with Crippen LogP contribution in [0.2, 0.25) is 0 Å². The van der Waals surface area contributed by atoms with Gasteiger partial charge in [-0.25, -0.2) is 0 Å². The van der Waals surface area contributed by atoms with Gasteiger partial charge in [0.25, 0.3) is 5.91 Å². The minimum absolute atomic E-state index is 0.00216. The Balaban J connectivity index is 1.98. The van der Waals surface area contributed by atoms with Crippen molar-refractivity contribution in [3.8, 4) is 6.07 Å². The van der Waals surface area contributed by atoms with Crippen molar-refractivity contribution in [3.63, 3.8) is 0 Å². The van der Waals surface area contributed by atoms with Gasteiger partial charge in [0.15, 0.2) is 0 Å². The third-order valence-electron chi connectivity index (χ3n) is 3.32. The zero-order valence-corrected chi connectivity index (χ0v) is 10.8. The molecule has 100 valence electrons. The minimum atomic E-state index is -0.186. The summed E-state index contributed by atoms with van der Waals surface area (Å²) in [6.07, 6.45) is 0.772. The molecule has 3 unspecified atom stereocenters. The van der Waals surface area contributed by atoms with E-state index in [1.165, 1.54) is 0 Å². The van der Waals surface area contributed by atoms with Gasteiger partial charge in [-0.3, -0.25) is 4.79 Å². The van der Waals surface area contributed by atoms with Crippen LogP contribution in [0.5, 0.6) is 0 Å². The van der Waals surface area contributed by atoms with Gasteiger partial charge in [0.05, 0.1) is 23.8 Å². The second-order valence-electron chi connectivity index (χ2n) is 4.58. The molecular weight excluding hydrogens is 242 g/mol. The van der Waals surface area contributed by atoms with Gasteiger partial charge in [0, 0.05) is 18.2 Å². The van der Waals surface area contributed by atoms with E-state index in [2.05, 4.69) is 5.32 Å². The van der Waals surface area contributed by atoms with Crippen LogP contribution in [0.1, 0.15) is 29.3 Å². The number of ether oxygens (including phenoxy) is 1. The highest BCUT2D eigenvalue weighted by molar-refractivity contribution is 5.94. The van der Waals surface area contributed by atoms with Crippen LogP contribution in [-0.2, 0) is 4.74 Å². The van der Waals surface area contributed by atoms with Crippen LogP contribution in [0.3, 0.4) is 0 Å². The topological polar surface area (TPSA) is 88.1 Å². The molecule has 1 saturated carbocycles. The number of nitrogens with two attached hydrogens (primary N) is 1. The highest BCUT2D eigenvalue weighted by Crippen LogP contribution is 2.22. The summed E-state index contributed by atoms with van der Waals surface area (Å²) in [6, 6.07) is 8.33. The van der Waals surface area contributed by atoms with Gasteiger partial charge in [0.2, 0.25) is 0 Å². The van der Waals surface area contributed by atoms with Crippen molar-refractivity contribution in [2.24, 2.45) is 5.73 Å². The van der Waals surface area contributed by atoms with Crippen LogP contribution >= 0.6 is 0 Å². The number of rotatable bonds is 4. The number of nitriles is 1. The summed E-state index contributed by atoms with van der Waals surface area (Å²) in [5.74, 6) is -0.186. The number of benzene rings is 1. The average molecular weight is 259 g/mol. The summed E-state index contributed by atoms with van der Waals surface area (Å²) in [5, 5.41) is 11.6. The summed E-state index contributed by atoms with van der Waals surface area (Å²) in [4.78, 5) is 12.0. The van der Waals surface area contributed by atoms with Crippen molar-refractivity contribution < 1.29 is 9.53 Å². The molecule has 0 heterocycles. The number of nitrogens with zero attached hydrogens (tertiary/aromatic N) is 1. The highest BCUT2D eigenvalue weighted by atomic mass is 16.5. The molecule has 1 aromatic carbocycles. The number of nitrogens with one attached hydrogen (secondary N) is 1. The second kappa shape index (κ2) is 5.83. The molecule has 0 radical (unpaired) electrons. The van der Waals surface area contributed by atoms with Gasteiger partial charge >= 0.3 is 0 Å². The molecular formula is C14H17N3O2. The Morgan fingerprint density at radius 2 is 2.21 bits per heavy atom. The lowest BCUT2D eigenvalue weighted by molar-refractivity contribution is -0.0300. The maximum atomic E-state index is 12.0. The van der Waals surface area contributed by atoms with Crippen molar-refractivity contribution >= 4 is 5.91 Å². The smallest absolute Gasteiger partial charge is 0.251 e.